The van der Waals surface area contributed by atoms with E-state index in [2.05, 4.69) is 20.5 Å². The first-order valence-corrected chi connectivity index (χ1v) is 10.8. The Labute approximate surface area is 188 Å². The highest BCUT2D eigenvalue weighted by atomic mass is 32.2. The van der Waals surface area contributed by atoms with Gasteiger partial charge in [-0.2, -0.15) is 0 Å². The van der Waals surface area contributed by atoms with Gasteiger partial charge in [0.1, 0.15) is 0 Å². The number of carbonyl (C=O) groups is 2. The van der Waals surface area contributed by atoms with Crippen LogP contribution in [0.3, 0.4) is 0 Å². The number of hydrogen-bond acceptors (Lipinski definition) is 7. The van der Waals surface area contributed by atoms with Crippen molar-refractivity contribution in [3.63, 3.8) is 0 Å². The van der Waals surface area contributed by atoms with Gasteiger partial charge in [0.15, 0.2) is 5.82 Å². The first kappa shape index (κ1) is 21.3. The Kier molecular flexibility index (Phi) is 6.61. The van der Waals surface area contributed by atoms with Crippen molar-refractivity contribution in [3.05, 3.63) is 78.9 Å². The standard InChI is InChI=1S/C22H20N6O3S/c1-2-31-21(30)17-9-3-4-10-18(17)24-19(29)15-32-22-26-25-20(16-8-7-11-23-14-16)28(22)27-12-5-6-13-27/h3-14H,2,15H2,1H3,(H,24,29). The molecule has 9 nitrogen and oxygen atoms in total. The molecule has 162 valence electrons. The van der Waals surface area contributed by atoms with E-state index >= 15 is 0 Å². The highest BCUT2D eigenvalue weighted by molar-refractivity contribution is 7.99. The van der Waals surface area contributed by atoms with E-state index in [-0.39, 0.29) is 18.3 Å². The van der Waals surface area contributed by atoms with Crippen LogP contribution in [0.5, 0.6) is 0 Å². The SMILES string of the molecule is CCOC(=O)c1ccccc1NC(=O)CSc1nnc(-c2cccnc2)n1-n1cccc1. The van der Waals surface area contributed by atoms with Gasteiger partial charge in [0.2, 0.25) is 11.1 Å². The van der Waals surface area contributed by atoms with E-state index < -0.39 is 5.97 Å². The zero-order chi connectivity index (χ0) is 22.3. The summed E-state index contributed by atoms with van der Waals surface area (Å²) in [7, 11) is 0. The number of amides is 1. The highest BCUT2D eigenvalue weighted by Crippen LogP contribution is 2.24. The molecule has 1 N–H and O–H groups in total. The normalized spacial score (nSPS) is 10.7. The number of anilines is 1. The fourth-order valence-corrected chi connectivity index (χ4v) is 3.73. The van der Waals surface area contributed by atoms with E-state index in [0.29, 0.717) is 22.2 Å². The largest absolute Gasteiger partial charge is 0.462 e. The second-order valence-electron chi connectivity index (χ2n) is 6.53. The fourth-order valence-electron chi connectivity index (χ4n) is 2.99. The second-order valence-corrected chi connectivity index (χ2v) is 7.47. The number of para-hydroxylation sites is 1. The molecule has 3 heterocycles. The number of thioether (sulfide) groups is 1. The van der Waals surface area contributed by atoms with Gasteiger partial charge in [-0.25, -0.2) is 9.47 Å². The molecule has 1 aromatic carbocycles. The number of nitrogens with one attached hydrogen (secondary N) is 1. The third-order valence-electron chi connectivity index (χ3n) is 4.38. The first-order valence-electron chi connectivity index (χ1n) is 9.85. The lowest BCUT2D eigenvalue weighted by Gasteiger charge is -2.12. The number of nitrogens with zero attached hydrogens (tertiary/aromatic N) is 5. The molecule has 0 aliphatic heterocycles. The van der Waals surface area contributed by atoms with Gasteiger partial charge in [-0.3, -0.25) is 14.5 Å². The molecule has 0 aliphatic rings. The third-order valence-corrected chi connectivity index (χ3v) is 5.30. The lowest BCUT2D eigenvalue weighted by molar-refractivity contribution is -0.113. The minimum Gasteiger partial charge on any atom is -0.462 e. The molecule has 0 unspecified atom stereocenters. The molecule has 4 rings (SSSR count). The fraction of sp³-hybridized carbons (Fsp3) is 0.136. The van der Waals surface area contributed by atoms with Crippen LogP contribution >= 0.6 is 11.8 Å². The molecular formula is C22H20N6O3S. The number of carbonyl (C=O) groups excluding carboxylic acids is 2. The summed E-state index contributed by atoms with van der Waals surface area (Å²) in [6, 6.07) is 14.2. The van der Waals surface area contributed by atoms with Crippen molar-refractivity contribution in [1.82, 2.24) is 24.5 Å². The van der Waals surface area contributed by atoms with Gasteiger partial charge in [-0.15, -0.1) is 10.2 Å². The van der Waals surface area contributed by atoms with Crippen molar-refractivity contribution in [1.29, 1.82) is 0 Å². The summed E-state index contributed by atoms with van der Waals surface area (Å²) in [5.41, 5.74) is 1.51. The summed E-state index contributed by atoms with van der Waals surface area (Å²) in [5, 5.41) is 11.9. The number of pyridine rings is 1. The van der Waals surface area contributed by atoms with Gasteiger partial charge in [-0.1, -0.05) is 23.9 Å². The Balaban J connectivity index is 1.52. The minimum atomic E-state index is -0.482. The number of rotatable bonds is 8. The van der Waals surface area contributed by atoms with Crippen LogP contribution in [0, 0.1) is 0 Å². The van der Waals surface area contributed by atoms with Crippen LogP contribution in [-0.2, 0) is 9.53 Å². The van der Waals surface area contributed by atoms with Crippen molar-refractivity contribution in [3.8, 4) is 11.4 Å². The molecule has 0 radical (unpaired) electrons. The molecule has 10 heteroatoms. The number of ether oxygens (including phenoxy) is 1. The molecule has 32 heavy (non-hydrogen) atoms. The molecular weight excluding hydrogens is 428 g/mol. The molecule has 0 fully saturated rings. The van der Waals surface area contributed by atoms with Crippen LogP contribution in [-0.4, -0.2) is 48.8 Å². The average Bonchev–Trinajstić information content (AvgIpc) is 3.48. The van der Waals surface area contributed by atoms with Gasteiger partial charge in [-0.05, 0) is 43.3 Å². The first-order chi connectivity index (χ1) is 15.7. The molecule has 0 atom stereocenters. The predicted octanol–water partition coefficient (Wildman–Crippen LogP) is 3.36. The quantitative estimate of drug-likeness (QED) is 0.326. The molecule has 0 aliphatic carbocycles. The Morgan fingerprint density at radius 3 is 2.62 bits per heavy atom. The monoisotopic (exact) mass is 448 g/mol. The minimum absolute atomic E-state index is 0.0730. The molecule has 4 aromatic rings. The zero-order valence-electron chi connectivity index (χ0n) is 17.2. The summed E-state index contributed by atoms with van der Waals surface area (Å²) >= 11 is 1.23. The predicted molar refractivity (Wildman–Crippen MR) is 120 cm³/mol. The van der Waals surface area contributed by atoms with E-state index in [0.717, 1.165) is 5.56 Å². The zero-order valence-corrected chi connectivity index (χ0v) is 18.0. The number of aromatic nitrogens is 5. The van der Waals surface area contributed by atoms with Crippen LogP contribution in [0.1, 0.15) is 17.3 Å². The third kappa shape index (κ3) is 4.70. The van der Waals surface area contributed by atoms with E-state index in [1.54, 1.807) is 43.6 Å². The van der Waals surface area contributed by atoms with Crippen molar-refractivity contribution in [2.45, 2.75) is 12.1 Å². The van der Waals surface area contributed by atoms with E-state index in [1.165, 1.54) is 11.8 Å². The highest BCUT2D eigenvalue weighted by Gasteiger charge is 2.18. The van der Waals surface area contributed by atoms with E-state index in [4.69, 9.17) is 4.74 Å². The Hall–Kier alpha value is -3.92. The van der Waals surface area contributed by atoms with Crippen molar-refractivity contribution < 1.29 is 14.3 Å². The summed E-state index contributed by atoms with van der Waals surface area (Å²) in [4.78, 5) is 28.9. The topological polar surface area (TPSA) is 104 Å². The smallest absolute Gasteiger partial charge is 0.340 e. The maximum Gasteiger partial charge on any atom is 0.340 e. The lowest BCUT2D eigenvalue weighted by Crippen LogP contribution is -2.18. The van der Waals surface area contributed by atoms with Gasteiger partial charge in [0.25, 0.3) is 0 Å². The molecule has 3 aromatic heterocycles. The van der Waals surface area contributed by atoms with Crippen LogP contribution < -0.4 is 5.32 Å². The summed E-state index contributed by atoms with van der Waals surface area (Å²) in [5.74, 6) is -0.0880. The Morgan fingerprint density at radius 1 is 1.06 bits per heavy atom. The van der Waals surface area contributed by atoms with Gasteiger partial charge < -0.3 is 10.1 Å². The average molecular weight is 449 g/mol. The maximum absolute atomic E-state index is 12.6. The maximum atomic E-state index is 12.6. The second kappa shape index (κ2) is 9.92. The van der Waals surface area contributed by atoms with Crippen LogP contribution in [0.2, 0.25) is 0 Å². The number of benzene rings is 1. The summed E-state index contributed by atoms with van der Waals surface area (Å²) in [6.07, 6.45) is 7.12. The number of hydrogen-bond donors (Lipinski definition) is 1. The molecule has 1 amide bonds. The molecule has 0 saturated carbocycles. The van der Waals surface area contributed by atoms with Crippen molar-refractivity contribution in [2.75, 3.05) is 17.7 Å². The van der Waals surface area contributed by atoms with Crippen LogP contribution in [0.15, 0.2) is 78.5 Å². The summed E-state index contributed by atoms with van der Waals surface area (Å²) in [6.45, 7) is 1.99. The molecule has 0 spiro atoms. The van der Waals surface area contributed by atoms with Gasteiger partial charge in [0.05, 0.1) is 23.6 Å². The number of esters is 1. The van der Waals surface area contributed by atoms with E-state index in [9.17, 15) is 9.59 Å². The summed E-state index contributed by atoms with van der Waals surface area (Å²) < 4.78 is 8.70. The lowest BCUT2D eigenvalue weighted by atomic mass is 10.2. The molecule has 0 saturated heterocycles. The Morgan fingerprint density at radius 2 is 1.88 bits per heavy atom. The van der Waals surface area contributed by atoms with Crippen LogP contribution in [0.4, 0.5) is 5.69 Å². The Bertz CT molecular complexity index is 1210. The van der Waals surface area contributed by atoms with Gasteiger partial charge >= 0.3 is 5.97 Å². The van der Waals surface area contributed by atoms with Crippen molar-refractivity contribution >= 4 is 29.3 Å². The van der Waals surface area contributed by atoms with Crippen molar-refractivity contribution in [2.24, 2.45) is 0 Å². The van der Waals surface area contributed by atoms with Gasteiger partial charge in [0, 0.05) is 30.4 Å². The van der Waals surface area contributed by atoms with E-state index in [1.807, 2.05) is 46.0 Å². The molecule has 0 bridgehead atoms. The van der Waals surface area contributed by atoms with Crippen LogP contribution in [0.25, 0.3) is 11.4 Å².